The molecule has 1 N–H and O–H groups in total. The van der Waals surface area contributed by atoms with Crippen molar-refractivity contribution in [2.45, 2.75) is 0 Å². The molecule has 0 saturated heterocycles. The fourth-order valence-electron chi connectivity index (χ4n) is 0.166. The summed E-state index contributed by atoms with van der Waals surface area (Å²) in [6.07, 6.45) is 1.09. The summed E-state index contributed by atoms with van der Waals surface area (Å²) in [7, 11) is -2.92. The zero-order valence-electron chi connectivity index (χ0n) is 4.53. The van der Waals surface area contributed by atoms with Crippen LogP contribution in [0.3, 0.4) is 0 Å². The number of hydrogen-bond acceptors (Lipinski definition) is 3. The van der Waals surface area contributed by atoms with Crippen LogP contribution in [-0.4, -0.2) is 32.1 Å². The summed E-state index contributed by atoms with van der Waals surface area (Å²) in [5.74, 6) is -0.132. The van der Waals surface area contributed by atoms with Gasteiger partial charge >= 0.3 is 0 Å². The normalized spacial score (nSPS) is 10.2. The van der Waals surface area contributed by atoms with Crippen molar-refractivity contribution in [2.75, 3.05) is 18.6 Å². The minimum atomic E-state index is -2.92. The first kappa shape index (κ1) is 10.8. The van der Waals surface area contributed by atoms with Crippen molar-refractivity contribution in [1.82, 2.24) is 6.15 Å². The van der Waals surface area contributed by atoms with Crippen LogP contribution in [0.1, 0.15) is 0 Å². The maximum Gasteiger partial charge on any atom is 0.149 e. The molecule has 0 spiro atoms. The molecule has 0 atom stereocenters. The van der Waals surface area contributed by atoms with Crippen molar-refractivity contribution >= 4 is 9.84 Å². The topological polar surface area (TPSA) is 84.9 Å². The molecule has 0 aromatic carbocycles. The second kappa shape index (κ2) is 3.82. The quantitative estimate of drug-likeness (QED) is 0.506. The fraction of sp³-hybridized carbons (Fsp3) is 1.00. The molecule has 0 bridgehead atoms. The predicted molar refractivity (Wildman–Crippen MR) is 28.9 cm³/mol. The van der Waals surface area contributed by atoms with Crippen LogP contribution in [0, 0.1) is 0 Å². The molecule has 8 heavy (non-hydrogen) atoms. The molecule has 0 unspecified atom stereocenters. The van der Waals surface area contributed by atoms with E-state index in [-0.39, 0.29) is 18.5 Å². The maximum atomic E-state index is 10.1. The zero-order valence-corrected chi connectivity index (χ0v) is 5.35. The molecule has 0 aliphatic rings. The van der Waals surface area contributed by atoms with E-state index in [1.165, 1.54) is 0 Å². The average molecular weight is 138 g/mol. The number of rotatable bonds is 2. The van der Waals surface area contributed by atoms with Gasteiger partial charge in [0, 0.05) is 12.4 Å². The lowest BCUT2D eigenvalue weighted by Gasteiger charge is -1.87. The highest BCUT2D eigenvalue weighted by atomic mass is 32.2. The third-order valence-electron chi connectivity index (χ3n) is 0.462. The Morgan fingerprint density at radius 1 is 1.50 bits per heavy atom. The highest BCUT2D eigenvalue weighted by Gasteiger charge is 1.96. The Morgan fingerprint density at radius 3 is 1.88 bits per heavy atom. The molecule has 3 radical (unpaired) electrons. The molecular weight excluding hydrogens is 130 g/mol. The van der Waals surface area contributed by atoms with E-state index in [1.54, 1.807) is 0 Å². The molecule has 0 aliphatic heterocycles. The number of aliphatic hydroxyl groups excluding tert-OH is 1. The second-order valence-corrected chi connectivity index (χ2v) is 3.61. The van der Waals surface area contributed by atoms with Crippen LogP contribution >= 0.6 is 0 Å². The third-order valence-corrected chi connectivity index (χ3v) is 1.39. The average Bonchev–Trinajstić information content (AvgIpc) is 1.30. The van der Waals surface area contributed by atoms with Crippen molar-refractivity contribution < 1.29 is 13.5 Å². The number of aliphatic hydroxyl groups is 1. The van der Waals surface area contributed by atoms with Gasteiger partial charge in [0.15, 0.2) is 0 Å². The van der Waals surface area contributed by atoms with Crippen LogP contribution in [-0.2, 0) is 9.84 Å². The van der Waals surface area contributed by atoms with Crippen LogP contribution in [0.15, 0.2) is 0 Å². The van der Waals surface area contributed by atoms with Gasteiger partial charge in [0.05, 0.1) is 12.4 Å². The smallest absolute Gasteiger partial charge is 0.149 e. The van der Waals surface area contributed by atoms with Gasteiger partial charge in [-0.2, -0.15) is 0 Å². The Morgan fingerprint density at radius 2 is 1.88 bits per heavy atom. The molecule has 0 heterocycles. The van der Waals surface area contributed by atoms with Gasteiger partial charge in [0.1, 0.15) is 9.84 Å². The first-order valence-electron chi connectivity index (χ1n) is 1.85. The van der Waals surface area contributed by atoms with Gasteiger partial charge in [-0.25, -0.2) is 8.42 Å². The summed E-state index contributed by atoms with van der Waals surface area (Å²) in [6.45, 7) is -0.279. The first-order valence-corrected chi connectivity index (χ1v) is 3.91. The van der Waals surface area contributed by atoms with Gasteiger partial charge in [-0.3, -0.25) is 0 Å². The van der Waals surface area contributed by atoms with Gasteiger partial charge in [0.25, 0.3) is 0 Å². The monoisotopic (exact) mass is 138 g/mol. The Balaban J connectivity index is 0. The third kappa shape index (κ3) is 9.30. The summed E-state index contributed by atoms with van der Waals surface area (Å²) >= 11 is 0. The van der Waals surface area contributed by atoms with E-state index in [0.717, 1.165) is 6.26 Å². The van der Waals surface area contributed by atoms with Gasteiger partial charge < -0.3 is 5.11 Å². The van der Waals surface area contributed by atoms with Crippen LogP contribution in [0.4, 0.5) is 0 Å². The molecular formula is C3H8NO3S. The Hall–Kier alpha value is -0.130. The molecule has 4 nitrogen and oxygen atoms in total. The van der Waals surface area contributed by atoms with Crippen LogP contribution in [0.2, 0.25) is 0 Å². The zero-order chi connectivity index (χ0) is 5.91. The summed E-state index contributed by atoms with van der Waals surface area (Å²) in [4.78, 5) is 0. The summed E-state index contributed by atoms with van der Waals surface area (Å²) < 4.78 is 20.1. The van der Waals surface area contributed by atoms with Crippen molar-refractivity contribution in [1.29, 1.82) is 0 Å². The summed E-state index contributed by atoms with van der Waals surface area (Å²) in [5, 5.41) is 8.02. The second-order valence-electron chi connectivity index (χ2n) is 1.35. The standard InChI is InChI=1S/C3H8O3S.N/c1-7(5,6)3-2-4;/h4H,2-3H2,1H3;. The van der Waals surface area contributed by atoms with Crippen molar-refractivity contribution in [2.24, 2.45) is 0 Å². The van der Waals surface area contributed by atoms with Crippen molar-refractivity contribution in [3.05, 3.63) is 0 Å². The lowest BCUT2D eigenvalue weighted by Crippen LogP contribution is -2.05. The number of nitrogens with zero attached hydrogens (tertiary/aromatic N) is 1. The molecule has 0 saturated carbocycles. The van der Waals surface area contributed by atoms with E-state index >= 15 is 0 Å². The lowest BCUT2D eigenvalue weighted by molar-refractivity contribution is 0.320. The van der Waals surface area contributed by atoms with Crippen LogP contribution in [0.5, 0.6) is 0 Å². The largest absolute Gasteiger partial charge is 0.395 e. The Labute approximate surface area is 49.0 Å². The van der Waals surface area contributed by atoms with E-state index in [4.69, 9.17) is 5.11 Å². The molecule has 0 fully saturated rings. The predicted octanol–water partition coefficient (Wildman–Crippen LogP) is -1.46. The molecule has 0 amide bonds. The van der Waals surface area contributed by atoms with Gasteiger partial charge in [-0.05, 0) is 0 Å². The minimum Gasteiger partial charge on any atom is -0.395 e. The molecule has 49 valence electrons. The van der Waals surface area contributed by atoms with Crippen LogP contribution in [0.25, 0.3) is 0 Å². The lowest BCUT2D eigenvalue weighted by atomic mass is 10.9. The van der Waals surface area contributed by atoms with Gasteiger partial charge in [-0.15, -0.1) is 0 Å². The molecule has 0 rings (SSSR count). The number of hydrogen-bond donors (Lipinski definition) is 1. The van der Waals surface area contributed by atoms with Gasteiger partial charge in [-0.1, -0.05) is 0 Å². The molecule has 0 aromatic heterocycles. The highest BCUT2D eigenvalue weighted by molar-refractivity contribution is 7.90. The van der Waals surface area contributed by atoms with Crippen molar-refractivity contribution in [3.63, 3.8) is 0 Å². The molecule has 0 aliphatic carbocycles. The molecule has 0 aromatic rings. The van der Waals surface area contributed by atoms with Gasteiger partial charge in [0.2, 0.25) is 0 Å². The van der Waals surface area contributed by atoms with Crippen molar-refractivity contribution in [3.8, 4) is 0 Å². The molecule has 5 heteroatoms. The van der Waals surface area contributed by atoms with Crippen LogP contribution < -0.4 is 6.15 Å². The first-order chi connectivity index (χ1) is 3.06. The maximum absolute atomic E-state index is 10.1. The minimum absolute atomic E-state index is 0. The van der Waals surface area contributed by atoms with E-state index < -0.39 is 9.84 Å². The fourth-order valence-corrected chi connectivity index (χ4v) is 0.497. The van der Waals surface area contributed by atoms with E-state index in [0.29, 0.717) is 0 Å². The highest BCUT2D eigenvalue weighted by Crippen LogP contribution is 1.76. The Kier molecular flexibility index (Phi) is 5.15. The summed E-state index contributed by atoms with van der Waals surface area (Å²) in [5.41, 5.74) is 0. The summed E-state index contributed by atoms with van der Waals surface area (Å²) in [6, 6.07) is 0. The van der Waals surface area contributed by atoms with E-state index in [9.17, 15) is 8.42 Å². The Bertz CT molecular complexity index is 127. The SMILES string of the molecule is CS(=O)(=O)CCO.[N]. The van der Waals surface area contributed by atoms with E-state index in [2.05, 4.69) is 0 Å². The van der Waals surface area contributed by atoms with E-state index in [1.807, 2.05) is 0 Å². The number of sulfone groups is 1.